The van der Waals surface area contributed by atoms with Gasteiger partial charge in [-0.25, -0.2) is 19.0 Å². The highest BCUT2D eigenvalue weighted by Gasteiger charge is 2.18. The molecule has 1 N–H and O–H groups in total. The lowest BCUT2D eigenvalue weighted by atomic mass is 10.1. The first-order valence-corrected chi connectivity index (χ1v) is 12.5. The molecule has 0 bridgehead atoms. The number of nitrogens with zero attached hydrogens (tertiary/aromatic N) is 3. The Kier molecular flexibility index (Phi) is 7.30. The molecule has 0 fully saturated rings. The monoisotopic (exact) mass is 486 g/mol. The fourth-order valence-electron chi connectivity index (χ4n) is 3.38. The van der Waals surface area contributed by atoms with Gasteiger partial charge in [0.2, 0.25) is 0 Å². The zero-order valence-corrected chi connectivity index (χ0v) is 21.3. The maximum Gasteiger partial charge on any atom is 0.407 e. The number of ether oxygens (including phenoxy) is 3. The van der Waals surface area contributed by atoms with Gasteiger partial charge < -0.3 is 19.5 Å². The van der Waals surface area contributed by atoms with Crippen molar-refractivity contribution < 1.29 is 23.2 Å². The van der Waals surface area contributed by atoms with Crippen LogP contribution in [-0.2, 0) is 21.0 Å². The van der Waals surface area contributed by atoms with Gasteiger partial charge in [0.15, 0.2) is 17.3 Å². The van der Waals surface area contributed by atoms with E-state index < -0.39 is 21.4 Å². The van der Waals surface area contributed by atoms with Crippen LogP contribution in [-0.4, -0.2) is 46.3 Å². The van der Waals surface area contributed by atoms with Crippen molar-refractivity contribution >= 4 is 32.5 Å². The molecule has 1 atom stereocenters. The van der Waals surface area contributed by atoms with Crippen LogP contribution in [0.15, 0.2) is 45.9 Å². The van der Waals surface area contributed by atoms with Crippen molar-refractivity contribution in [1.82, 2.24) is 15.3 Å². The molecular formula is C24H30N4O5S. The Bertz CT molecular complexity index is 1340. The van der Waals surface area contributed by atoms with Gasteiger partial charge in [0.05, 0.1) is 29.5 Å². The number of hydrogen-bond donors (Lipinski definition) is 1. The Morgan fingerprint density at radius 1 is 1.15 bits per heavy atom. The maximum atomic E-state index is 13.6. The summed E-state index contributed by atoms with van der Waals surface area (Å²) >= 11 is 0. The lowest BCUT2D eigenvalue weighted by Gasteiger charge is -2.19. The maximum absolute atomic E-state index is 13.6. The third kappa shape index (κ3) is 5.74. The average molecular weight is 487 g/mol. The van der Waals surface area contributed by atoms with Gasteiger partial charge in [-0.2, -0.15) is 4.36 Å². The van der Waals surface area contributed by atoms with Crippen LogP contribution >= 0.6 is 0 Å². The van der Waals surface area contributed by atoms with Crippen LogP contribution in [0.25, 0.3) is 10.9 Å². The van der Waals surface area contributed by atoms with Gasteiger partial charge in [-0.15, -0.1) is 0 Å². The summed E-state index contributed by atoms with van der Waals surface area (Å²) in [5.41, 5.74) is 1.59. The molecule has 1 aromatic heterocycles. The number of aryl methyl sites for hydroxylation is 1. The van der Waals surface area contributed by atoms with Crippen LogP contribution in [0, 0.1) is 6.92 Å². The molecule has 0 spiro atoms. The fraction of sp³-hybridized carbons (Fsp3) is 0.375. The summed E-state index contributed by atoms with van der Waals surface area (Å²) in [5, 5.41) is 3.31. The Hall–Kier alpha value is -3.40. The number of benzene rings is 2. The molecular weight excluding hydrogens is 456 g/mol. The Morgan fingerprint density at radius 3 is 2.53 bits per heavy atom. The van der Waals surface area contributed by atoms with Crippen molar-refractivity contribution in [2.75, 3.05) is 20.5 Å². The van der Waals surface area contributed by atoms with E-state index in [0.29, 0.717) is 33.1 Å². The number of rotatable bonds is 6. The summed E-state index contributed by atoms with van der Waals surface area (Å²) in [6.45, 7) is 7.48. The first kappa shape index (κ1) is 25.2. The second-order valence-electron chi connectivity index (χ2n) is 8.73. The van der Waals surface area contributed by atoms with E-state index in [4.69, 9.17) is 14.2 Å². The van der Waals surface area contributed by atoms with E-state index >= 15 is 0 Å². The number of methoxy groups -OCH3 is 2. The Morgan fingerprint density at radius 2 is 1.88 bits per heavy atom. The molecule has 34 heavy (non-hydrogen) atoms. The standard InChI is InChI=1S/C24H30N4O5S/c1-15-20-18(12-19(31-5)21(15)32-6)22(27-14-26-20)28-34(7,30)17-10-8-9-16(11-17)13-25-23(29)33-24(2,3)4/h8-12,14H,13H2,1-7H3,(H,25,29). The number of nitrogens with one attached hydrogen (secondary N) is 1. The predicted molar refractivity (Wildman–Crippen MR) is 131 cm³/mol. The lowest BCUT2D eigenvalue weighted by Crippen LogP contribution is -2.32. The molecule has 9 nitrogen and oxygen atoms in total. The number of aromatic nitrogens is 2. The largest absolute Gasteiger partial charge is 0.493 e. The summed E-state index contributed by atoms with van der Waals surface area (Å²) in [7, 11) is 0.233. The Balaban J connectivity index is 1.98. The van der Waals surface area contributed by atoms with Crippen molar-refractivity contribution in [3.05, 3.63) is 47.8 Å². The van der Waals surface area contributed by atoms with Crippen molar-refractivity contribution in [2.45, 2.75) is 44.7 Å². The number of alkyl carbamates (subject to hydrolysis) is 1. The molecule has 0 saturated carbocycles. The van der Waals surface area contributed by atoms with Crippen LogP contribution in [0.1, 0.15) is 31.9 Å². The zero-order chi connectivity index (χ0) is 25.1. The fourth-order valence-corrected chi connectivity index (χ4v) is 4.66. The summed E-state index contributed by atoms with van der Waals surface area (Å²) in [6, 6.07) is 8.83. The summed E-state index contributed by atoms with van der Waals surface area (Å²) < 4.78 is 34.3. The predicted octanol–water partition coefficient (Wildman–Crippen LogP) is 4.77. The topological polar surface area (TPSA) is 112 Å². The second kappa shape index (κ2) is 9.84. The van der Waals surface area contributed by atoms with Crippen molar-refractivity contribution in [2.24, 2.45) is 4.36 Å². The molecule has 1 unspecified atom stereocenters. The van der Waals surface area contributed by atoms with Gasteiger partial charge in [0.1, 0.15) is 11.9 Å². The second-order valence-corrected chi connectivity index (χ2v) is 11.0. The van der Waals surface area contributed by atoms with E-state index in [-0.39, 0.29) is 6.54 Å². The molecule has 0 aliphatic heterocycles. The van der Waals surface area contributed by atoms with E-state index in [1.165, 1.54) is 6.33 Å². The van der Waals surface area contributed by atoms with Gasteiger partial charge in [-0.05, 0) is 51.5 Å². The highest BCUT2D eigenvalue weighted by atomic mass is 32.2. The molecule has 0 radical (unpaired) electrons. The van der Waals surface area contributed by atoms with Crippen LogP contribution < -0.4 is 14.8 Å². The minimum atomic E-state index is -2.87. The SMILES string of the molecule is COc1cc2c(N=S(C)(=O)c3cccc(CNC(=O)OC(C)(C)C)c3)ncnc2c(C)c1OC. The van der Waals surface area contributed by atoms with Gasteiger partial charge in [0.25, 0.3) is 0 Å². The molecule has 182 valence electrons. The van der Waals surface area contributed by atoms with E-state index in [1.807, 2.05) is 13.0 Å². The van der Waals surface area contributed by atoms with Gasteiger partial charge in [-0.3, -0.25) is 0 Å². The van der Waals surface area contributed by atoms with E-state index in [0.717, 1.165) is 11.1 Å². The number of fused-ring (bicyclic) bond motifs is 1. The first-order valence-electron chi connectivity index (χ1n) is 10.6. The quantitative estimate of drug-likeness (QED) is 0.534. The highest BCUT2D eigenvalue weighted by molar-refractivity contribution is 7.93. The summed E-state index contributed by atoms with van der Waals surface area (Å²) in [5.74, 6) is 1.37. The zero-order valence-electron chi connectivity index (χ0n) is 20.5. The minimum absolute atomic E-state index is 0.227. The van der Waals surface area contributed by atoms with Crippen LogP contribution in [0.3, 0.4) is 0 Å². The van der Waals surface area contributed by atoms with E-state index in [9.17, 15) is 9.00 Å². The average Bonchev–Trinajstić information content (AvgIpc) is 2.77. The molecule has 0 aliphatic carbocycles. The third-order valence-electron chi connectivity index (χ3n) is 4.91. The number of hydrogen-bond acceptors (Lipinski definition) is 8. The normalized spacial score (nSPS) is 13.1. The Labute approximate surface area is 200 Å². The van der Waals surface area contributed by atoms with Gasteiger partial charge in [0, 0.05) is 28.6 Å². The lowest BCUT2D eigenvalue weighted by molar-refractivity contribution is 0.0523. The molecule has 10 heteroatoms. The smallest absolute Gasteiger partial charge is 0.407 e. The van der Waals surface area contributed by atoms with E-state index in [1.54, 1.807) is 65.5 Å². The van der Waals surface area contributed by atoms with Gasteiger partial charge >= 0.3 is 6.09 Å². The summed E-state index contributed by atoms with van der Waals surface area (Å²) in [4.78, 5) is 21.1. The summed E-state index contributed by atoms with van der Waals surface area (Å²) in [6.07, 6.45) is 2.41. The van der Waals surface area contributed by atoms with Crippen molar-refractivity contribution in [3.8, 4) is 11.5 Å². The highest BCUT2D eigenvalue weighted by Crippen LogP contribution is 2.39. The molecule has 0 saturated heterocycles. The molecule has 0 aliphatic rings. The minimum Gasteiger partial charge on any atom is -0.493 e. The molecule has 3 aromatic rings. The van der Waals surface area contributed by atoms with E-state index in [2.05, 4.69) is 19.6 Å². The van der Waals surface area contributed by atoms with Crippen molar-refractivity contribution in [3.63, 3.8) is 0 Å². The van der Waals surface area contributed by atoms with Gasteiger partial charge in [-0.1, -0.05) is 12.1 Å². The molecule has 3 rings (SSSR count). The molecule has 1 amide bonds. The van der Waals surface area contributed by atoms with Crippen LogP contribution in [0.2, 0.25) is 0 Å². The molecule has 1 heterocycles. The molecule has 2 aromatic carbocycles. The first-order chi connectivity index (χ1) is 15.9. The van der Waals surface area contributed by atoms with Crippen LogP contribution in [0.4, 0.5) is 10.6 Å². The number of carbonyl (C=O) groups excluding carboxylic acids is 1. The van der Waals surface area contributed by atoms with Crippen molar-refractivity contribution in [1.29, 1.82) is 0 Å². The number of amides is 1. The third-order valence-corrected chi connectivity index (χ3v) is 6.56. The number of carbonyl (C=O) groups is 1. The van der Waals surface area contributed by atoms with Crippen LogP contribution in [0.5, 0.6) is 11.5 Å².